The van der Waals surface area contributed by atoms with Gasteiger partial charge in [0.05, 0.1) is 0 Å². The van der Waals surface area contributed by atoms with Crippen molar-refractivity contribution >= 4 is 42.5 Å². The summed E-state index contributed by atoms with van der Waals surface area (Å²) in [7, 11) is 1.61. The molecule has 0 radical (unpaired) electrons. The van der Waals surface area contributed by atoms with Crippen LogP contribution in [0.15, 0.2) is 59.0 Å². The Labute approximate surface area is 216 Å². The first kappa shape index (κ1) is 27.8. The van der Waals surface area contributed by atoms with Crippen molar-refractivity contribution in [3.8, 4) is 11.1 Å². The zero-order chi connectivity index (χ0) is 24.0. The van der Waals surface area contributed by atoms with Crippen molar-refractivity contribution in [1.29, 1.82) is 0 Å². The fourth-order valence-electron chi connectivity index (χ4n) is 3.76. The summed E-state index contributed by atoms with van der Waals surface area (Å²) < 4.78 is 11.5. The van der Waals surface area contributed by atoms with Crippen LogP contribution in [0.25, 0.3) is 11.1 Å². The number of amides is 1. The molecule has 0 spiro atoms. The van der Waals surface area contributed by atoms with E-state index in [9.17, 15) is 14.7 Å². The molecule has 0 saturated carbocycles. The number of hydrogen-bond donors (Lipinski definition) is 2. The summed E-state index contributed by atoms with van der Waals surface area (Å²) in [6.07, 6.45) is 1.82. The van der Waals surface area contributed by atoms with E-state index in [1.165, 1.54) is 0 Å². The molecule has 3 rings (SSSR count). The summed E-state index contributed by atoms with van der Waals surface area (Å²) in [5.74, 6) is 0.632. The minimum atomic E-state index is -1.04. The number of thioether (sulfide) groups is 1. The van der Waals surface area contributed by atoms with Crippen LogP contribution in [0.2, 0.25) is 0 Å². The SMILES string of the molecule is COC(c1ccc(C(=O)NC(CCSC)C(=O)O)c(-c2ccccc2C)c1)c1ccc(C)o1.[LiH]. The van der Waals surface area contributed by atoms with Gasteiger partial charge in [-0.3, -0.25) is 4.79 Å². The predicted molar refractivity (Wildman–Crippen MR) is 138 cm³/mol. The van der Waals surface area contributed by atoms with Crippen LogP contribution in [0.5, 0.6) is 0 Å². The van der Waals surface area contributed by atoms with Gasteiger partial charge in [0.2, 0.25) is 0 Å². The van der Waals surface area contributed by atoms with Gasteiger partial charge >= 0.3 is 24.8 Å². The molecule has 3 aromatic rings. The molecule has 34 heavy (non-hydrogen) atoms. The summed E-state index contributed by atoms with van der Waals surface area (Å²) >= 11 is 1.54. The Morgan fingerprint density at radius 1 is 1.09 bits per heavy atom. The molecular weight excluding hydrogens is 445 g/mol. The predicted octanol–water partition coefficient (Wildman–Crippen LogP) is 4.59. The number of ether oxygens (including phenoxy) is 1. The summed E-state index contributed by atoms with van der Waals surface area (Å²) in [4.78, 5) is 24.9. The van der Waals surface area contributed by atoms with Crippen LogP contribution in [-0.4, -0.2) is 61.0 Å². The third-order valence-electron chi connectivity index (χ3n) is 5.50. The molecule has 2 atom stereocenters. The summed E-state index contributed by atoms with van der Waals surface area (Å²) in [6, 6.07) is 16.1. The molecule has 0 bridgehead atoms. The van der Waals surface area contributed by atoms with Gasteiger partial charge in [-0.1, -0.05) is 30.3 Å². The van der Waals surface area contributed by atoms with Gasteiger partial charge in [0.1, 0.15) is 23.7 Å². The molecule has 2 N–H and O–H groups in total. The number of aliphatic carboxylic acids is 1. The van der Waals surface area contributed by atoms with Crippen LogP contribution in [-0.2, 0) is 9.53 Å². The fourth-order valence-corrected chi connectivity index (χ4v) is 4.23. The first-order chi connectivity index (χ1) is 15.8. The molecule has 176 valence electrons. The molecule has 1 heterocycles. The van der Waals surface area contributed by atoms with E-state index in [2.05, 4.69) is 5.32 Å². The van der Waals surface area contributed by atoms with Gasteiger partial charge in [0.25, 0.3) is 5.91 Å². The Balaban J connectivity index is 0.00000408. The molecular formula is C26H30LiNO5S. The van der Waals surface area contributed by atoms with Crippen molar-refractivity contribution in [2.75, 3.05) is 19.1 Å². The first-order valence-electron chi connectivity index (χ1n) is 10.7. The Morgan fingerprint density at radius 3 is 2.41 bits per heavy atom. The van der Waals surface area contributed by atoms with Gasteiger partial charge in [0.15, 0.2) is 0 Å². The van der Waals surface area contributed by atoms with E-state index >= 15 is 0 Å². The molecule has 2 aromatic carbocycles. The number of carbonyl (C=O) groups is 2. The van der Waals surface area contributed by atoms with E-state index in [0.29, 0.717) is 29.1 Å². The average Bonchev–Trinajstić information content (AvgIpc) is 3.22. The number of methoxy groups -OCH3 is 1. The molecule has 0 saturated heterocycles. The van der Waals surface area contributed by atoms with E-state index < -0.39 is 24.0 Å². The van der Waals surface area contributed by atoms with Crippen molar-refractivity contribution in [3.05, 3.63) is 82.8 Å². The number of benzene rings is 2. The Hall–Kier alpha value is -2.43. The zero-order valence-corrected chi connectivity index (χ0v) is 20.1. The second kappa shape index (κ2) is 12.9. The van der Waals surface area contributed by atoms with Crippen molar-refractivity contribution in [1.82, 2.24) is 5.32 Å². The first-order valence-corrected chi connectivity index (χ1v) is 12.1. The second-order valence-corrected chi connectivity index (χ2v) is 8.82. The number of carboxylic acids is 1. The molecule has 6 nitrogen and oxygen atoms in total. The van der Waals surface area contributed by atoms with Gasteiger partial charge in [0, 0.05) is 12.7 Å². The molecule has 2 unspecified atom stereocenters. The Bertz CT molecular complexity index is 1130. The number of rotatable bonds is 10. The van der Waals surface area contributed by atoms with E-state index in [0.717, 1.165) is 22.5 Å². The monoisotopic (exact) mass is 475 g/mol. The number of aryl methyl sites for hydroxylation is 2. The van der Waals surface area contributed by atoms with Crippen LogP contribution in [0.4, 0.5) is 0 Å². The molecule has 0 fully saturated rings. The molecule has 0 aliphatic heterocycles. The number of nitrogens with one attached hydrogen (secondary N) is 1. The van der Waals surface area contributed by atoms with Crippen molar-refractivity contribution in [3.63, 3.8) is 0 Å². The second-order valence-electron chi connectivity index (χ2n) is 7.83. The maximum atomic E-state index is 13.2. The van der Waals surface area contributed by atoms with E-state index in [1.807, 2.05) is 68.6 Å². The quantitative estimate of drug-likeness (QED) is 0.417. The Kier molecular flexibility index (Phi) is 10.5. The van der Waals surface area contributed by atoms with E-state index in [1.54, 1.807) is 24.9 Å². The summed E-state index contributed by atoms with van der Waals surface area (Å²) in [6.45, 7) is 3.85. The number of carboxylic acid groups (broad SMARTS) is 1. The van der Waals surface area contributed by atoms with Crippen LogP contribution >= 0.6 is 11.8 Å². The fraction of sp³-hybridized carbons (Fsp3) is 0.308. The minimum absolute atomic E-state index is 0. The topological polar surface area (TPSA) is 88.8 Å². The van der Waals surface area contributed by atoms with Gasteiger partial charge in [-0.15, -0.1) is 0 Å². The average molecular weight is 476 g/mol. The standard InChI is InChI=1S/C26H29NO5S.Li.H/c1-16-7-5-6-8-19(16)21-15-18(24(31-3)23-12-9-17(2)32-23)10-11-20(21)25(28)27-22(26(29)30)13-14-33-4;;/h5-12,15,22,24H,13-14H2,1-4H3,(H,27,28)(H,29,30);;. The normalized spacial score (nSPS) is 12.5. The molecule has 8 heteroatoms. The van der Waals surface area contributed by atoms with Gasteiger partial charge in [-0.2, -0.15) is 11.8 Å². The third-order valence-corrected chi connectivity index (χ3v) is 6.14. The van der Waals surface area contributed by atoms with Gasteiger partial charge < -0.3 is 19.6 Å². The third kappa shape index (κ3) is 6.58. The van der Waals surface area contributed by atoms with Crippen LogP contribution in [0.3, 0.4) is 0 Å². The number of carbonyl (C=O) groups excluding carboxylic acids is 1. The van der Waals surface area contributed by atoms with Crippen molar-refractivity contribution in [2.45, 2.75) is 32.4 Å². The van der Waals surface area contributed by atoms with Gasteiger partial charge in [-0.05, 0) is 78.8 Å². The maximum absolute atomic E-state index is 13.2. The summed E-state index contributed by atoms with van der Waals surface area (Å²) in [5, 5.41) is 12.2. The van der Waals surface area contributed by atoms with Crippen molar-refractivity contribution in [2.24, 2.45) is 0 Å². The number of furan rings is 1. The van der Waals surface area contributed by atoms with Crippen LogP contribution in [0.1, 0.15) is 45.5 Å². The summed E-state index contributed by atoms with van der Waals surface area (Å²) in [5.41, 5.74) is 3.85. The number of hydrogen-bond acceptors (Lipinski definition) is 5. The van der Waals surface area contributed by atoms with Crippen molar-refractivity contribution < 1.29 is 23.8 Å². The zero-order valence-electron chi connectivity index (χ0n) is 19.3. The van der Waals surface area contributed by atoms with E-state index in [4.69, 9.17) is 9.15 Å². The van der Waals surface area contributed by atoms with Gasteiger partial charge in [-0.25, -0.2) is 4.79 Å². The molecule has 0 aliphatic rings. The molecule has 0 aliphatic carbocycles. The molecule has 1 aromatic heterocycles. The van der Waals surface area contributed by atoms with E-state index in [-0.39, 0.29) is 18.9 Å². The Morgan fingerprint density at radius 2 is 1.82 bits per heavy atom. The molecule has 1 amide bonds. The van der Waals surface area contributed by atoms with Crippen LogP contribution < -0.4 is 5.32 Å². The van der Waals surface area contributed by atoms with Crippen LogP contribution in [0, 0.1) is 13.8 Å².